The fourth-order valence-corrected chi connectivity index (χ4v) is 3.70. The van der Waals surface area contributed by atoms with Crippen LogP contribution in [0.3, 0.4) is 0 Å². The highest BCUT2D eigenvalue weighted by Gasteiger charge is 2.12. The molecule has 2 heterocycles. The van der Waals surface area contributed by atoms with Gasteiger partial charge in [-0.2, -0.15) is 0 Å². The Kier molecular flexibility index (Phi) is 7.92. The molecule has 1 amide bonds. The highest BCUT2D eigenvalue weighted by atomic mass is 32.2. The molecule has 27 heavy (non-hydrogen) atoms. The molecule has 1 aromatic heterocycles. The molecule has 1 fully saturated rings. The number of rotatable bonds is 8. The summed E-state index contributed by atoms with van der Waals surface area (Å²) in [5, 5.41) is 3.61. The minimum Gasteiger partial charge on any atom is -0.437 e. The van der Waals surface area contributed by atoms with Gasteiger partial charge in [0.15, 0.2) is 5.03 Å². The molecule has 1 saturated heterocycles. The molecule has 0 saturated carbocycles. The summed E-state index contributed by atoms with van der Waals surface area (Å²) in [5.41, 5.74) is 0. The molecule has 0 unspecified atom stereocenters. The van der Waals surface area contributed by atoms with Crippen LogP contribution in [0.15, 0.2) is 47.8 Å². The van der Waals surface area contributed by atoms with Gasteiger partial charge < -0.3 is 15.0 Å². The molecule has 1 aliphatic heterocycles. The van der Waals surface area contributed by atoms with Gasteiger partial charge in [-0.1, -0.05) is 42.8 Å². The molecule has 3 rings (SSSR count). The van der Waals surface area contributed by atoms with Crippen LogP contribution in [0.5, 0.6) is 11.6 Å². The number of hydrogen-bond acceptors (Lipinski definition) is 6. The minimum atomic E-state index is 0.00568. The fraction of sp³-hybridized carbons (Fsp3) is 0.450. The molecule has 0 bridgehead atoms. The molecule has 0 aliphatic carbocycles. The number of nitrogens with one attached hydrogen (secondary N) is 1. The number of hydrogen-bond donors (Lipinski definition) is 1. The highest BCUT2D eigenvalue weighted by Crippen LogP contribution is 2.28. The monoisotopic (exact) mass is 386 g/mol. The molecule has 0 atom stereocenters. The quantitative estimate of drug-likeness (QED) is 0.702. The van der Waals surface area contributed by atoms with Crippen molar-refractivity contribution in [3.8, 4) is 11.6 Å². The second-order valence-electron chi connectivity index (χ2n) is 6.48. The predicted molar refractivity (Wildman–Crippen MR) is 107 cm³/mol. The third kappa shape index (κ3) is 6.84. The maximum atomic E-state index is 12.2. The van der Waals surface area contributed by atoms with Gasteiger partial charge >= 0.3 is 0 Å². The summed E-state index contributed by atoms with van der Waals surface area (Å²) in [6.45, 7) is 3.89. The van der Waals surface area contributed by atoms with E-state index in [1.807, 2.05) is 30.3 Å². The van der Waals surface area contributed by atoms with E-state index in [1.165, 1.54) is 37.4 Å². The number of carbonyl (C=O) groups is 1. The second kappa shape index (κ2) is 10.9. The van der Waals surface area contributed by atoms with E-state index in [0.717, 1.165) is 19.6 Å². The summed E-state index contributed by atoms with van der Waals surface area (Å²) in [7, 11) is 0. The number of para-hydroxylation sites is 1. The van der Waals surface area contributed by atoms with E-state index in [-0.39, 0.29) is 5.91 Å². The maximum absolute atomic E-state index is 12.2. The predicted octanol–water partition coefficient (Wildman–Crippen LogP) is 3.35. The normalized spacial score (nSPS) is 15.1. The largest absolute Gasteiger partial charge is 0.437 e. The van der Waals surface area contributed by atoms with Crippen LogP contribution in [0.25, 0.3) is 0 Å². The SMILES string of the molecule is O=C(CSc1nccnc1Oc1ccccc1)NCCN1CCCCCC1. The fourth-order valence-electron chi connectivity index (χ4n) is 2.98. The van der Waals surface area contributed by atoms with Crippen molar-refractivity contribution in [3.63, 3.8) is 0 Å². The number of thioether (sulfide) groups is 1. The van der Waals surface area contributed by atoms with Crippen LogP contribution in [0, 0.1) is 0 Å². The van der Waals surface area contributed by atoms with Gasteiger partial charge in [0, 0.05) is 25.5 Å². The second-order valence-corrected chi connectivity index (χ2v) is 7.44. The van der Waals surface area contributed by atoms with Crippen molar-refractivity contribution in [3.05, 3.63) is 42.7 Å². The summed E-state index contributed by atoms with van der Waals surface area (Å²) < 4.78 is 5.78. The van der Waals surface area contributed by atoms with Crippen LogP contribution in [0.1, 0.15) is 25.7 Å². The van der Waals surface area contributed by atoms with Gasteiger partial charge in [-0.25, -0.2) is 9.97 Å². The van der Waals surface area contributed by atoms with E-state index >= 15 is 0 Å². The van der Waals surface area contributed by atoms with Gasteiger partial charge in [0.2, 0.25) is 5.91 Å². The first-order valence-electron chi connectivity index (χ1n) is 9.47. The van der Waals surface area contributed by atoms with E-state index < -0.39 is 0 Å². The van der Waals surface area contributed by atoms with Crippen molar-refractivity contribution in [2.75, 3.05) is 31.9 Å². The molecule has 6 nitrogen and oxygen atoms in total. The Morgan fingerprint density at radius 1 is 1.07 bits per heavy atom. The summed E-state index contributed by atoms with van der Waals surface area (Å²) in [6, 6.07) is 9.44. The van der Waals surface area contributed by atoms with E-state index in [9.17, 15) is 4.79 Å². The summed E-state index contributed by atoms with van der Waals surface area (Å²) >= 11 is 1.34. The minimum absolute atomic E-state index is 0.00568. The standard InChI is InChI=1S/C20H26N4O2S/c25-18(21-12-15-24-13-6-1-2-7-14-24)16-27-20-19(22-10-11-23-20)26-17-8-4-3-5-9-17/h3-5,8-11H,1-2,6-7,12-16H2,(H,21,25). The topological polar surface area (TPSA) is 67.3 Å². The first-order chi connectivity index (χ1) is 13.3. The number of nitrogens with zero attached hydrogens (tertiary/aromatic N) is 3. The van der Waals surface area contributed by atoms with Crippen LogP contribution < -0.4 is 10.1 Å². The van der Waals surface area contributed by atoms with Crippen molar-refractivity contribution >= 4 is 17.7 Å². The van der Waals surface area contributed by atoms with Crippen LogP contribution in [0.2, 0.25) is 0 Å². The molecule has 144 valence electrons. The third-order valence-electron chi connectivity index (χ3n) is 4.38. The number of likely N-dealkylation sites (tertiary alicyclic amines) is 1. The van der Waals surface area contributed by atoms with Crippen molar-refractivity contribution in [1.29, 1.82) is 0 Å². The Morgan fingerprint density at radius 2 is 1.81 bits per heavy atom. The van der Waals surface area contributed by atoms with Gasteiger partial charge in [-0.15, -0.1) is 0 Å². The van der Waals surface area contributed by atoms with E-state index in [2.05, 4.69) is 20.2 Å². The molecule has 2 aromatic rings. The third-order valence-corrected chi connectivity index (χ3v) is 5.34. The summed E-state index contributed by atoms with van der Waals surface area (Å²) in [4.78, 5) is 23.1. The zero-order valence-electron chi connectivity index (χ0n) is 15.5. The van der Waals surface area contributed by atoms with Gasteiger partial charge in [-0.05, 0) is 38.1 Å². The van der Waals surface area contributed by atoms with Crippen LogP contribution in [-0.2, 0) is 4.79 Å². The maximum Gasteiger partial charge on any atom is 0.252 e. The number of aromatic nitrogens is 2. The summed E-state index contributed by atoms with van der Waals surface area (Å²) in [5.74, 6) is 1.42. The Bertz CT molecular complexity index is 706. The molecular weight excluding hydrogens is 360 g/mol. The van der Waals surface area contributed by atoms with Gasteiger partial charge in [0.1, 0.15) is 5.75 Å². The Morgan fingerprint density at radius 3 is 2.59 bits per heavy atom. The Hall–Kier alpha value is -2.12. The van der Waals surface area contributed by atoms with Crippen molar-refractivity contribution in [1.82, 2.24) is 20.2 Å². The highest BCUT2D eigenvalue weighted by molar-refractivity contribution is 8.00. The first kappa shape index (κ1) is 19.6. The van der Waals surface area contributed by atoms with Crippen molar-refractivity contribution in [2.45, 2.75) is 30.7 Å². The average molecular weight is 387 g/mol. The number of benzene rings is 1. The first-order valence-corrected chi connectivity index (χ1v) is 10.5. The molecule has 1 aliphatic rings. The average Bonchev–Trinajstić information content (AvgIpc) is 2.97. The lowest BCUT2D eigenvalue weighted by Gasteiger charge is -2.19. The zero-order valence-corrected chi connectivity index (χ0v) is 16.3. The van der Waals surface area contributed by atoms with Gasteiger partial charge in [0.05, 0.1) is 5.75 Å². The van der Waals surface area contributed by atoms with E-state index in [1.54, 1.807) is 12.4 Å². The van der Waals surface area contributed by atoms with E-state index in [4.69, 9.17) is 4.74 Å². The lowest BCUT2D eigenvalue weighted by molar-refractivity contribution is -0.118. The lowest BCUT2D eigenvalue weighted by Crippen LogP contribution is -2.36. The number of carbonyl (C=O) groups excluding carboxylic acids is 1. The molecule has 7 heteroatoms. The zero-order chi connectivity index (χ0) is 18.7. The molecule has 1 N–H and O–H groups in total. The molecule has 1 aromatic carbocycles. The lowest BCUT2D eigenvalue weighted by atomic mass is 10.2. The summed E-state index contributed by atoms with van der Waals surface area (Å²) in [6.07, 6.45) is 8.37. The van der Waals surface area contributed by atoms with Gasteiger partial charge in [-0.3, -0.25) is 4.79 Å². The smallest absolute Gasteiger partial charge is 0.252 e. The molecular formula is C20H26N4O2S. The van der Waals surface area contributed by atoms with E-state index in [0.29, 0.717) is 29.0 Å². The van der Waals surface area contributed by atoms with Crippen molar-refractivity contribution in [2.24, 2.45) is 0 Å². The Balaban J connectivity index is 1.43. The van der Waals surface area contributed by atoms with Crippen molar-refractivity contribution < 1.29 is 9.53 Å². The van der Waals surface area contributed by atoms with Crippen LogP contribution >= 0.6 is 11.8 Å². The van der Waals surface area contributed by atoms with Gasteiger partial charge in [0.25, 0.3) is 5.88 Å². The van der Waals surface area contributed by atoms with Crippen LogP contribution in [0.4, 0.5) is 0 Å². The number of amides is 1. The molecule has 0 radical (unpaired) electrons. The van der Waals surface area contributed by atoms with Crippen LogP contribution in [-0.4, -0.2) is 52.7 Å². The molecule has 0 spiro atoms. The Labute approximate surface area is 164 Å². The number of ether oxygens (including phenoxy) is 1.